The predicted molar refractivity (Wildman–Crippen MR) is 115 cm³/mol. The number of nitrogens with one attached hydrogen (secondary N) is 2. The van der Waals surface area contributed by atoms with Gasteiger partial charge in [-0.3, -0.25) is 14.4 Å². The van der Waals surface area contributed by atoms with Crippen molar-refractivity contribution in [3.8, 4) is 0 Å². The predicted octanol–water partition coefficient (Wildman–Crippen LogP) is -0.362. The normalized spacial score (nSPS) is 15.8. The van der Waals surface area contributed by atoms with Crippen LogP contribution < -0.4 is 38.3 Å². The Balaban J connectivity index is 1.93. The molecule has 11 nitrogen and oxygen atoms in total. The Hall–Kier alpha value is -2.57. The lowest BCUT2D eigenvalue weighted by molar-refractivity contribution is -0.140. The van der Waals surface area contributed by atoms with E-state index in [2.05, 4.69) is 32.6 Å². The number of amides is 2. The van der Waals surface area contributed by atoms with Crippen molar-refractivity contribution in [2.75, 3.05) is 6.54 Å². The van der Waals surface area contributed by atoms with Crippen molar-refractivity contribution < 1.29 is 19.5 Å². The van der Waals surface area contributed by atoms with Gasteiger partial charge in [-0.1, -0.05) is 60.4 Å². The Morgan fingerprint density at radius 1 is 0.938 bits per heavy atom. The number of carbonyl (C=O) groups is 3. The summed E-state index contributed by atoms with van der Waals surface area (Å²) in [5.41, 5.74) is 20.9. The Kier molecular flexibility index (Phi) is 11.6. The quantitative estimate of drug-likeness (QED) is 0.269. The van der Waals surface area contributed by atoms with Crippen LogP contribution in [0.25, 0.3) is 0 Å². The number of unbranched alkanes of at least 4 members (excludes halogenated alkanes) is 4. The van der Waals surface area contributed by atoms with Crippen molar-refractivity contribution >= 4 is 17.8 Å². The highest BCUT2D eigenvalue weighted by molar-refractivity contribution is 5.90. The van der Waals surface area contributed by atoms with Gasteiger partial charge in [0, 0.05) is 6.42 Å². The molecular weight excluding hydrogens is 414 g/mol. The molecule has 0 aromatic heterocycles. The van der Waals surface area contributed by atoms with E-state index in [1.807, 2.05) is 30.3 Å². The number of carboxylic acid groups (broad SMARTS) is 1. The zero-order chi connectivity index (χ0) is 23.2. The van der Waals surface area contributed by atoms with Crippen LogP contribution in [0.2, 0.25) is 0 Å². The van der Waals surface area contributed by atoms with E-state index in [0.717, 1.165) is 31.2 Å². The average Bonchev–Trinajstić information content (AvgIpc) is 3.30. The zero-order valence-corrected chi connectivity index (χ0v) is 17.9. The van der Waals surface area contributed by atoms with Crippen LogP contribution in [0.3, 0.4) is 0 Å². The van der Waals surface area contributed by atoms with Crippen molar-refractivity contribution in [3.05, 3.63) is 42.1 Å². The minimum absolute atomic E-state index is 0.208. The first kappa shape index (κ1) is 25.7. The number of hydrogen-bond donors (Lipinski definition) is 4. The van der Waals surface area contributed by atoms with Gasteiger partial charge in [0.2, 0.25) is 11.8 Å². The van der Waals surface area contributed by atoms with Gasteiger partial charge in [0.05, 0.1) is 12.5 Å². The zero-order valence-electron chi connectivity index (χ0n) is 17.9. The van der Waals surface area contributed by atoms with Crippen molar-refractivity contribution in [2.45, 2.75) is 63.5 Å². The number of nitrogens with zero attached hydrogens (tertiary/aromatic N) is 4. The molecule has 2 rings (SSSR count). The Morgan fingerprint density at radius 2 is 1.59 bits per heavy atom. The maximum atomic E-state index is 12.9. The highest BCUT2D eigenvalue weighted by Gasteiger charge is 2.34. The molecule has 1 saturated heterocycles. The number of nitrogens with two attached hydrogens (primary N) is 1. The minimum atomic E-state index is -1.22. The maximum absolute atomic E-state index is 12.9. The molecule has 0 spiro atoms. The molecule has 173 valence electrons. The molecule has 0 aliphatic carbocycles. The number of aliphatic carboxylic acids is 1. The third-order valence-electron chi connectivity index (χ3n) is 4.88. The molecule has 5 radical (unpaired) electrons. The molecule has 1 fully saturated rings. The third kappa shape index (κ3) is 9.71. The average molecular weight is 445 g/mol. The standard InChI is InChI=1S/C21H30N7O4/c22-12-8-3-1-2-7-11-18(29)23-17(14-19(30)31)21(32)24-16(20-25-27-28-26-20)13-15-9-5-4-6-10-15/h4-6,9-10,16-17H,1-3,7-8,11-14,22H2,(H,23,29)(H,24,32)(H,30,31)/t16-,17-/m0/s1. The molecule has 2 amide bonds. The van der Waals surface area contributed by atoms with Crippen molar-refractivity contribution in [1.29, 1.82) is 0 Å². The molecule has 1 aromatic carbocycles. The maximum Gasteiger partial charge on any atom is 0.305 e. The lowest BCUT2D eigenvalue weighted by Crippen LogP contribution is -2.53. The number of carbonyl (C=O) groups excluding carboxylic acids is 2. The van der Waals surface area contributed by atoms with Crippen molar-refractivity contribution in [2.24, 2.45) is 5.73 Å². The molecule has 5 N–H and O–H groups in total. The van der Waals surface area contributed by atoms with E-state index in [1.165, 1.54) is 0 Å². The molecule has 2 atom stereocenters. The fourth-order valence-electron chi connectivity index (χ4n) is 3.23. The van der Waals surface area contributed by atoms with Gasteiger partial charge in [-0.15, -0.1) is 0 Å². The Morgan fingerprint density at radius 3 is 2.25 bits per heavy atom. The van der Waals surface area contributed by atoms with Crippen LogP contribution in [0.4, 0.5) is 0 Å². The second-order valence-corrected chi connectivity index (χ2v) is 7.51. The highest BCUT2D eigenvalue weighted by Crippen LogP contribution is 2.13. The second kappa shape index (κ2) is 14.5. The van der Waals surface area contributed by atoms with Crippen LogP contribution in [-0.2, 0) is 20.8 Å². The largest absolute Gasteiger partial charge is 0.481 e. The molecule has 0 bridgehead atoms. The van der Waals surface area contributed by atoms with E-state index < -0.39 is 30.4 Å². The smallest absolute Gasteiger partial charge is 0.305 e. The van der Waals surface area contributed by atoms with E-state index in [4.69, 9.17) is 5.73 Å². The molecule has 32 heavy (non-hydrogen) atoms. The lowest BCUT2D eigenvalue weighted by atomic mass is 10.0. The lowest BCUT2D eigenvalue weighted by Gasteiger charge is -2.24. The number of benzene rings is 1. The van der Waals surface area contributed by atoms with Gasteiger partial charge in [0.1, 0.15) is 6.04 Å². The van der Waals surface area contributed by atoms with Gasteiger partial charge >= 0.3 is 5.97 Å². The first-order valence-electron chi connectivity index (χ1n) is 10.7. The van der Waals surface area contributed by atoms with Gasteiger partial charge in [-0.25, -0.2) is 0 Å². The summed E-state index contributed by atoms with van der Waals surface area (Å²) < 4.78 is 0. The molecule has 1 aliphatic rings. The Labute approximate surface area is 188 Å². The first-order valence-corrected chi connectivity index (χ1v) is 10.7. The van der Waals surface area contributed by atoms with Gasteiger partial charge in [0.15, 0.2) is 6.17 Å². The number of rotatable bonds is 15. The number of carboxylic acids is 1. The summed E-state index contributed by atoms with van der Waals surface area (Å²) in [5, 5.41) is 14.5. The molecule has 0 saturated carbocycles. The van der Waals surface area contributed by atoms with E-state index in [0.29, 0.717) is 19.4 Å². The first-order chi connectivity index (χ1) is 15.5. The fourth-order valence-corrected chi connectivity index (χ4v) is 3.23. The summed E-state index contributed by atoms with van der Waals surface area (Å²) in [6, 6.07) is 7.47. The number of hydrogen-bond acceptors (Lipinski definition) is 4. The second-order valence-electron chi connectivity index (χ2n) is 7.51. The van der Waals surface area contributed by atoms with Gasteiger partial charge in [-0.2, -0.15) is 0 Å². The van der Waals surface area contributed by atoms with Crippen molar-refractivity contribution in [3.63, 3.8) is 0 Å². The monoisotopic (exact) mass is 444 g/mol. The molecule has 1 aromatic rings. The molecule has 0 unspecified atom stereocenters. The third-order valence-corrected chi connectivity index (χ3v) is 4.88. The summed E-state index contributed by atoms with van der Waals surface area (Å²) in [7, 11) is 0. The van der Waals surface area contributed by atoms with E-state index in [9.17, 15) is 19.5 Å². The SMILES string of the molecule is NCCCCCCCC(=O)N[C@@H](CC(=O)O)C(=O)N[C@@H](Cc1ccccc1)[C]1[N][N][N][N]1. The van der Waals surface area contributed by atoms with Crippen LogP contribution in [0.5, 0.6) is 0 Å². The van der Waals surface area contributed by atoms with E-state index in [1.54, 1.807) is 0 Å². The Bertz CT molecular complexity index is 713. The van der Waals surface area contributed by atoms with E-state index >= 15 is 0 Å². The fraction of sp³-hybridized carbons (Fsp3) is 0.524. The molecule has 1 heterocycles. The highest BCUT2D eigenvalue weighted by atomic mass is 16.4. The van der Waals surface area contributed by atoms with Crippen LogP contribution in [0.1, 0.15) is 50.5 Å². The van der Waals surface area contributed by atoms with Gasteiger partial charge < -0.3 is 21.5 Å². The van der Waals surface area contributed by atoms with Gasteiger partial charge in [0.25, 0.3) is 0 Å². The summed E-state index contributed by atoms with van der Waals surface area (Å²) in [6.45, 7) is 0.652. The molecule has 11 heteroatoms. The summed E-state index contributed by atoms with van der Waals surface area (Å²) >= 11 is 0. The van der Waals surface area contributed by atoms with Crippen LogP contribution in [0, 0.1) is 6.17 Å². The van der Waals surface area contributed by atoms with Gasteiger partial charge in [-0.05, 0) is 42.4 Å². The van der Waals surface area contributed by atoms with E-state index in [-0.39, 0.29) is 18.5 Å². The minimum Gasteiger partial charge on any atom is -0.481 e. The van der Waals surface area contributed by atoms with Crippen LogP contribution in [0.15, 0.2) is 30.3 Å². The summed E-state index contributed by atoms with van der Waals surface area (Å²) in [4.78, 5) is 36.4. The van der Waals surface area contributed by atoms with Crippen LogP contribution >= 0.6 is 0 Å². The summed E-state index contributed by atoms with van der Waals surface area (Å²) in [5.74, 6) is -2.19. The molecular formula is C21H30N7O4. The summed E-state index contributed by atoms with van der Waals surface area (Å²) in [6.07, 6.45) is 4.73. The molecule has 1 aliphatic heterocycles. The van der Waals surface area contributed by atoms with Crippen molar-refractivity contribution in [1.82, 2.24) is 32.6 Å². The topological polar surface area (TPSA) is 178 Å². The van der Waals surface area contributed by atoms with Crippen LogP contribution in [-0.4, -0.2) is 41.5 Å².